The number of allylic oxidation sites excluding steroid dienone is 5. The third-order valence-corrected chi connectivity index (χ3v) is 11.2. The number of hydrogen-bond donors (Lipinski definition) is 6. The lowest BCUT2D eigenvalue weighted by Crippen LogP contribution is -2.60. The van der Waals surface area contributed by atoms with Crippen molar-refractivity contribution < 1.29 is 39.8 Å². The van der Waals surface area contributed by atoms with Gasteiger partial charge < -0.3 is 40.3 Å². The zero-order chi connectivity index (χ0) is 41.6. The molecule has 6 N–H and O–H groups in total. The first-order valence-corrected chi connectivity index (χ1v) is 23.7. The molecule has 0 aromatic heterocycles. The van der Waals surface area contributed by atoms with Crippen LogP contribution in [0.15, 0.2) is 36.5 Å². The Hall–Kier alpha value is -1.59. The summed E-state index contributed by atoms with van der Waals surface area (Å²) in [6.07, 6.45) is 40.6. The summed E-state index contributed by atoms with van der Waals surface area (Å²) in [5, 5.41) is 54.1. The quantitative estimate of drug-likeness (QED) is 0.0266. The van der Waals surface area contributed by atoms with E-state index < -0.39 is 49.5 Å². The number of carbonyl (C=O) groups excluding carboxylic acids is 1. The van der Waals surface area contributed by atoms with Crippen molar-refractivity contribution in [1.82, 2.24) is 5.32 Å². The zero-order valence-electron chi connectivity index (χ0n) is 36.6. The number of ether oxygens (including phenoxy) is 2. The minimum atomic E-state index is -1.57. The van der Waals surface area contributed by atoms with E-state index in [9.17, 15) is 30.3 Å². The van der Waals surface area contributed by atoms with E-state index >= 15 is 0 Å². The van der Waals surface area contributed by atoms with Crippen molar-refractivity contribution in [3.8, 4) is 0 Å². The molecule has 1 aliphatic rings. The second-order valence-corrected chi connectivity index (χ2v) is 16.5. The van der Waals surface area contributed by atoms with Gasteiger partial charge in [0.05, 0.1) is 25.4 Å². The molecule has 0 radical (unpaired) electrons. The van der Waals surface area contributed by atoms with Crippen LogP contribution in [-0.2, 0) is 14.3 Å². The monoisotopic (exact) mass is 808 g/mol. The summed E-state index contributed by atoms with van der Waals surface area (Å²) >= 11 is 0. The highest BCUT2D eigenvalue weighted by molar-refractivity contribution is 5.76. The fourth-order valence-electron chi connectivity index (χ4n) is 7.34. The SMILES string of the molecule is CCCCCCC/C=C/CC/C=C/C(O)C(COC1OC(CO)C(O)C(O)C1O)NC(=O)CCCCCCCCCCCCC/C=C\CCCCCCCCCC. The van der Waals surface area contributed by atoms with E-state index in [-0.39, 0.29) is 12.5 Å². The highest BCUT2D eigenvalue weighted by atomic mass is 16.7. The number of hydrogen-bond acceptors (Lipinski definition) is 8. The molecule has 1 aliphatic heterocycles. The van der Waals surface area contributed by atoms with Crippen molar-refractivity contribution in [1.29, 1.82) is 0 Å². The predicted octanol–water partition coefficient (Wildman–Crippen LogP) is 10.1. The van der Waals surface area contributed by atoms with E-state index in [2.05, 4.69) is 43.5 Å². The number of nitrogens with one attached hydrogen (secondary N) is 1. The predicted molar refractivity (Wildman–Crippen MR) is 235 cm³/mol. The maximum atomic E-state index is 12.9. The van der Waals surface area contributed by atoms with Gasteiger partial charge in [-0.1, -0.05) is 179 Å². The smallest absolute Gasteiger partial charge is 0.220 e. The van der Waals surface area contributed by atoms with E-state index in [0.717, 1.165) is 38.5 Å². The molecule has 0 bridgehead atoms. The molecule has 9 nitrogen and oxygen atoms in total. The summed E-state index contributed by atoms with van der Waals surface area (Å²) in [6.45, 7) is 3.73. The van der Waals surface area contributed by atoms with Crippen LogP contribution in [0.25, 0.3) is 0 Å². The lowest BCUT2D eigenvalue weighted by Gasteiger charge is -2.40. The van der Waals surface area contributed by atoms with Crippen LogP contribution in [-0.4, -0.2) is 87.5 Å². The van der Waals surface area contributed by atoms with Crippen molar-refractivity contribution >= 4 is 5.91 Å². The van der Waals surface area contributed by atoms with Crippen LogP contribution < -0.4 is 5.32 Å². The molecule has 0 aromatic rings. The molecule has 0 aliphatic carbocycles. The first-order chi connectivity index (χ1) is 27.8. The highest BCUT2D eigenvalue weighted by Gasteiger charge is 2.44. The van der Waals surface area contributed by atoms with E-state index in [4.69, 9.17) is 9.47 Å². The summed E-state index contributed by atoms with van der Waals surface area (Å²) in [5.74, 6) is -0.189. The van der Waals surface area contributed by atoms with Gasteiger partial charge in [-0.05, 0) is 57.8 Å². The molecule has 1 rings (SSSR count). The number of unbranched alkanes of at least 4 members (excludes halogenated alkanes) is 25. The molecule has 57 heavy (non-hydrogen) atoms. The minimum absolute atomic E-state index is 0.189. The number of aliphatic hydroxyl groups is 5. The van der Waals surface area contributed by atoms with Gasteiger partial charge in [0.15, 0.2) is 6.29 Å². The highest BCUT2D eigenvalue weighted by Crippen LogP contribution is 2.22. The van der Waals surface area contributed by atoms with E-state index in [0.29, 0.717) is 6.42 Å². The van der Waals surface area contributed by atoms with Crippen LogP contribution in [0.4, 0.5) is 0 Å². The number of carbonyl (C=O) groups is 1. The van der Waals surface area contributed by atoms with Gasteiger partial charge in [-0.25, -0.2) is 0 Å². The number of rotatable bonds is 39. The lowest BCUT2D eigenvalue weighted by atomic mass is 9.99. The standard InChI is InChI=1S/C48H89NO8/c1-3-5-7-9-11-13-15-16-17-18-19-20-21-22-23-24-25-26-28-30-32-34-36-38-44(52)49-41(40-56-48-47(55)46(54)45(53)43(39-50)57-48)42(51)37-35-33-31-29-27-14-12-10-8-6-4-2/h18-19,27,29,35,37,41-43,45-48,50-51,53-55H,3-17,20-26,28,30-34,36,38-40H2,1-2H3,(H,49,52)/b19-18-,29-27+,37-35+. The molecular weight excluding hydrogens is 719 g/mol. The van der Waals surface area contributed by atoms with Gasteiger partial charge in [0.1, 0.15) is 24.4 Å². The molecule has 0 aromatic carbocycles. The summed E-state index contributed by atoms with van der Waals surface area (Å²) in [5.41, 5.74) is 0. The molecule has 7 atom stereocenters. The average Bonchev–Trinajstić information content (AvgIpc) is 3.21. The van der Waals surface area contributed by atoms with Gasteiger partial charge in [0, 0.05) is 6.42 Å². The first-order valence-electron chi connectivity index (χ1n) is 23.7. The van der Waals surface area contributed by atoms with Crippen molar-refractivity contribution in [3.63, 3.8) is 0 Å². The third kappa shape index (κ3) is 29.3. The van der Waals surface area contributed by atoms with Crippen molar-refractivity contribution in [2.24, 2.45) is 0 Å². The molecule has 7 unspecified atom stereocenters. The maximum Gasteiger partial charge on any atom is 0.220 e. The van der Waals surface area contributed by atoms with Crippen molar-refractivity contribution in [2.45, 2.75) is 249 Å². The first kappa shape index (κ1) is 53.4. The Morgan fingerprint density at radius 1 is 0.579 bits per heavy atom. The van der Waals surface area contributed by atoms with Gasteiger partial charge in [-0.3, -0.25) is 4.79 Å². The van der Waals surface area contributed by atoms with E-state index in [1.165, 1.54) is 148 Å². The molecule has 1 fully saturated rings. The Labute approximate surface area is 349 Å². The Balaban J connectivity index is 2.27. The summed E-state index contributed by atoms with van der Waals surface area (Å²) in [6, 6.07) is -0.819. The van der Waals surface area contributed by atoms with Crippen LogP contribution in [0, 0.1) is 0 Å². The number of amides is 1. The Bertz CT molecular complexity index is 987. The molecule has 0 saturated carbocycles. The largest absolute Gasteiger partial charge is 0.394 e. The molecular formula is C48H89NO8. The van der Waals surface area contributed by atoms with E-state index in [1.807, 2.05) is 6.08 Å². The minimum Gasteiger partial charge on any atom is -0.394 e. The van der Waals surface area contributed by atoms with Crippen LogP contribution >= 0.6 is 0 Å². The van der Waals surface area contributed by atoms with Crippen LogP contribution in [0.3, 0.4) is 0 Å². The molecule has 1 amide bonds. The molecule has 1 saturated heterocycles. The van der Waals surface area contributed by atoms with Crippen molar-refractivity contribution in [3.05, 3.63) is 36.5 Å². The molecule has 9 heteroatoms. The van der Waals surface area contributed by atoms with Gasteiger partial charge >= 0.3 is 0 Å². The molecule has 334 valence electrons. The Kier molecular flexibility index (Phi) is 36.2. The molecule has 0 spiro atoms. The van der Waals surface area contributed by atoms with Gasteiger partial charge in [0.25, 0.3) is 0 Å². The van der Waals surface area contributed by atoms with Crippen LogP contribution in [0.2, 0.25) is 0 Å². The Morgan fingerprint density at radius 3 is 1.47 bits per heavy atom. The third-order valence-electron chi connectivity index (χ3n) is 11.2. The van der Waals surface area contributed by atoms with Crippen molar-refractivity contribution in [2.75, 3.05) is 13.2 Å². The van der Waals surface area contributed by atoms with Gasteiger partial charge in [-0.15, -0.1) is 0 Å². The summed E-state index contributed by atoms with van der Waals surface area (Å²) < 4.78 is 11.2. The zero-order valence-corrected chi connectivity index (χ0v) is 36.6. The van der Waals surface area contributed by atoms with Crippen LogP contribution in [0.1, 0.15) is 206 Å². The summed E-state index contributed by atoms with van der Waals surface area (Å²) in [4.78, 5) is 12.9. The lowest BCUT2D eigenvalue weighted by molar-refractivity contribution is -0.302. The second kappa shape index (κ2) is 38.6. The summed E-state index contributed by atoms with van der Waals surface area (Å²) in [7, 11) is 0. The number of aliphatic hydroxyl groups excluding tert-OH is 5. The maximum absolute atomic E-state index is 12.9. The van der Waals surface area contributed by atoms with Gasteiger partial charge in [-0.2, -0.15) is 0 Å². The van der Waals surface area contributed by atoms with Crippen LogP contribution in [0.5, 0.6) is 0 Å². The topological polar surface area (TPSA) is 149 Å². The Morgan fingerprint density at radius 2 is 1.00 bits per heavy atom. The van der Waals surface area contributed by atoms with Gasteiger partial charge in [0.2, 0.25) is 5.91 Å². The fraction of sp³-hybridized carbons (Fsp3) is 0.854. The average molecular weight is 808 g/mol. The normalized spacial score (nSPS) is 21.3. The molecule has 1 heterocycles. The second-order valence-electron chi connectivity index (χ2n) is 16.5. The fourth-order valence-corrected chi connectivity index (χ4v) is 7.34. The van der Waals surface area contributed by atoms with E-state index in [1.54, 1.807) is 6.08 Å².